The van der Waals surface area contributed by atoms with Gasteiger partial charge in [0.25, 0.3) is 0 Å². The summed E-state index contributed by atoms with van der Waals surface area (Å²) >= 11 is 0. The molecule has 0 saturated heterocycles. The van der Waals surface area contributed by atoms with Crippen molar-refractivity contribution in [1.82, 2.24) is 10.2 Å². The van der Waals surface area contributed by atoms with Crippen molar-refractivity contribution in [3.05, 3.63) is 64.7 Å². The van der Waals surface area contributed by atoms with Gasteiger partial charge < -0.3 is 15.2 Å². The van der Waals surface area contributed by atoms with Gasteiger partial charge in [0.1, 0.15) is 17.4 Å². The predicted octanol–water partition coefficient (Wildman–Crippen LogP) is 3.10. The number of nitrogens with two attached hydrogens (primary N) is 1. The fourth-order valence-corrected chi connectivity index (χ4v) is 3.43. The van der Waals surface area contributed by atoms with Gasteiger partial charge in [0, 0.05) is 16.6 Å². The summed E-state index contributed by atoms with van der Waals surface area (Å²) in [5.74, 6) is 0.944. The highest BCUT2D eigenvalue weighted by Gasteiger charge is 2.35. The monoisotopic (exact) mass is 332 g/mol. The number of nitrogens with one attached hydrogen (secondary N) is 1. The molecule has 1 aromatic heterocycles. The van der Waals surface area contributed by atoms with Crippen LogP contribution in [0.5, 0.6) is 11.6 Å². The number of hydrogen-bond donors (Lipinski definition) is 2. The van der Waals surface area contributed by atoms with Gasteiger partial charge in [-0.15, -0.1) is 5.10 Å². The highest BCUT2D eigenvalue weighted by molar-refractivity contribution is 5.92. The number of ether oxygens (including phenoxy) is 2. The average molecular weight is 332 g/mol. The predicted molar refractivity (Wildman–Crippen MR) is 93.1 cm³/mol. The van der Waals surface area contributed by atoms with Gasteiger partial charge in [0.15, 0.2) is 0 Å². The average Bonchev–Trinajstić information content (AvgIpc) is 3.00. The third-order valence-corrected chi connectivity index (χ3v) is 4.58. The molecule has 2 heterocycles. The van der Waals surface area contributed by atoms with Crippen LogP contribution in [0.15, 0.2) is 47.9 Å². The van der Waals surface area contributed by atoms with Crippen LogP contribution in [0.1, 0.15) is 22.7 Å². The smallest absolute Gasteiger partial charge is 0.244 e. The second kappa shape index (κ2) is 5.56. The van der Waals surface area contributed by atoms with E-state index in [9.17, 15) is 5.26 Å². The number of fused-ring (bicyclic) bond motifs is 2. The molecule has 3 N–H and O–H groups in total. The zero-order valence-electron chi connectivity index (χ0n) is 13.8. The molecule has 0 radical (unpaired) electrons. The molecular formula is C19H16N4O2. The van der Waals surface area contributed by atoms with E-state index in [1.807, 2.05) is 43.3 Å². The number of allylic oxidation sites excluding steroid dienone is 1. The van der Waals surface area contributed by atoms with Crippen LogP contribution in [0, 0.1) is 18.3 Å². The van der Waals surface area contributed by atoms with Crippen LogP contribution in [-0.2, 0) is 0 Å². The van der Waals surface area contributed by atoms with Crippen LogP contribution < -0.4 is 15.2 Å². The number of hydrogen-bond acceptors (Lipinski definition) is 5. The Morgan fingerprint density at radius 2 is 2.00 bits per heavy atom. The second-order valence-corrected chi connectivity index (χ2v) is 5.89. The first-order valence-electron chi connectivity index (χ1n) is 7.83. The number of H-pyrrole nitrogens is 1. The summed E-state index contributed by atoms with van der Waals surface area (Å²) in [6.07, 6.45) is 0. The summed E-state index contributed by atoms with van der Waals surface area (Å²) in [6, 6.07) is 14.0. The van der Waals surface area contributed by atoms with E-state index in [1.54, 1.807) is 7.11 Å². The van der Waals surface area contributed by atoms with E-state index in [0.717, 1.165) is 33.3 Å². The van der Waals surface area contributed by atoms with Gasteiger partial charge in [-0.05, 0) is 23.9 Å². The van der Waals surface area contributed by atoms with Crippen molar-refractivity contribution in [2.45, 2.75) is 12.8 Å². The van der Waals surface area contributed by atoms with Crippen LogP contribution in [0.2, 0.25) is 0 Å². The van der Waals surface area contributed by atoms with Crippen LogP contribution in [0.4, 0.5) is 0 Å². The van der Waals surface area contributed by atoms with Crippen LogP contribution in [-0.4, -0.2) is 17.3 Å². The molecule has 0 fully saturated rings. The fraction of sp³-hybridized carbons (Fsp3) is 0.158. The largest absolute Gasteiger partial charge is 0.496 e. The molecule has 4 rings (SSSR count). The number of rotatable bonds is 2. The number of aromatic amines is 1. The van der Waals surface area contributed by atoms with Gasteiger partial charge in [0.05, 0.1) is 13.0 Å². The van der Waals surface area contributed by atoms with E-state index in [0.29, 0.717) is 11.5 Å². The highest BCUT2D eigenvalue weighted by atomic mass is 16.5. The van der Waals surface area contributed by atoms with Crippen LogP contribution >= 0.6 is 0 Å². The molecule has 6 heteroatoms. The van der Waals surface area contributed by atoms with Crippen molar-refractivity contribution in [2.24, 2.45) is 5.73 Å². The van der Waals surface area contributed by atoms with E-state index in [2.05, 4.69) is 16.3 Å². The summed E-state index contributed by atoms with van der Waals surface area (Å²) < 4.78 is 11.0. The topological polar surface area (TPSA) is 96.9 Å². The fourth-order valence-electron chi connectivity index (χ4n) is 3.43. The first-order chi connectivity index (χ1) is 12.2. The molecule has 0 bridgehead atoms. The van der Waals surface area contributed by atoms with E-state index in [-0.39, 0.29) is 11.8 Å². The molecule has 6 nitrogen and oxygen atoms in total. The van der Waals surface area contributed by atoms with Gasteiger partial charge in [-0.3, -0.25) is 5.10 Å². The van der Waals surface area contributed by atoms with E-state index in [4.69, 9.17) is 15.2 Å². The Labute approximate surface area is 144 Å². The first kappa shape index (κ1) is 15.1. The number of methoxy groups -OCH3 is 1. The van der Waals surface area contributed by atoms with Crippen molar-refractivity contribution in [3.63, 3.8) is 0 Å². The summed E-state index contributed by atoms with van der Waals surface area (Å²) in [7, 11) is 1.65. The Morgan fingerprint density at radius 3 is 2.72 bits per heavy atom. The SMILES string of the molecule is COc1ccc([C@H]2C(C#N)=C(N)Oc3n[nH]c(C)c32)c2ccccc12. The maximum absolute atomic E-state index is 9.70. The third kappa shape index (κ3) is 2.13. The number of nitrogens with zero attached hydrogens (tertiary/aromatic N) is 2. The summed E-state index contributed by atoms with van der Waals surface area (Å²) in [5.41, 5.74) is 9.02. The summed E-state index contributed by atoms with van der Waals surface area (Å²) in [4.78, 5) is 0. The van der Waals surface area contributed by atoms with Gasteiger partial charge >= 0.3 is 0 Å². The number of aromatic nitrogens is 2. The molecule has 2 aromatic carbocycles. The molecule has 0 amide bonds. The Kier molecular flexibility index (Phi) is 3.36. The lowest BCUT2D eigenvalue weighted by atomic mass is 9.82. The molecule has 0 saturated carbocycles. The summed E-state index contributed by atoms with van der Waals surface area (Å²) in [6.45, 7) is 1.91. The van der Waals surface area contributed by atoms with E-state index in [1.165, 1.54) is 0 Å². The standard InChI is InChI=1S/C19H16N4O2/c1-10-16-17(14(9-20)18(21)25-19(16)23-22-10)13-7-8-15(24-2)12-6-4-3-5-11(12)13/h3-8,17H,21H2,1-2H3,(H,22,23)/t17-/m0/s1. The molecule has 1 atom stereocenters. The third-order valence-electron chi connectivity index (χ3n) is 4.58. The maximum Gasteiger partial charge on any atom is 0.244 e. The number of benzene rings is 2. The van der Waals surface area contributed by atoms with Crippen molar-refractivity contribution < 1.29 is 9.47 Å². The molecule has 25 heavy (non-hydrogen) atoms. The van der Waals surface area contributed by atoms with Crippen LogP contribution in [0.3, 0.4) is 0 Å². The lowest BCUT2D eigenvalue weighted by Gasteiger charge is -2.25. The first-order valence-corrected chi connectivity index (χ1v) is 7.83. The summed E-state index contributed by atoms with van der Waals surface area (Å²) in [5, 5.41) is 18.8. The quantitative estimate of drug-likeness (QED) is 0.751. The highest BCUT2D eigenvalue weighted by Crippen LogP contribution is 2.45. The molecule has 124 valence electrons. The molecule has 1 aliphatic rings. The molecule has 0 spiro atoms. The number of aryl methyl sites for hydroxylation is 1. The van der Waals surface area contributed by atoms with Crippen molar-refractivity contribution in [3.8, 4) is 17.7 Å². The van der Waals surface area contributed by atoms with Gasteiger partial charge in [0.2, 0.25) is 11.8 Å². The van der Waals surface area contributed by atoms with Crippen molar-refractivity contribution in [2.75, 3.05) is 7.11 Å². The van der Waals surface area contributed by atoms with Crippen molar-refractivity contribution in [1.29, 1.82) is 5.26 Å². The van der Waals surface area contributed by atoms with Crippen LogP contribution in [0.25, 0.3) is 10.8 Å². The molecule has 1 aliphatic heterocycles. The molecular weight excluding hydrogens is 316 g/mol. The minimum absolute atomic E-state index is 0.0893. The Balaban J connectivity index is 2.06. The minimum Gasteiger partial charge on any atom is -0.496 e. The lowest BCUT2D eigenvalue weighted by molar-refractivity contribution is 0.379. The van der Waals surface area contributed by atoms with Gasteiger partial charge in [-0.25, -0.2) is 0 Å². The van der Waals surface area contributed by atoms with Gasteiger partial charge in [-0.2, -0.15) is 5.26 Å². The Hall–Kier alpha value is -3.46. The normalized spacial score (nSPS) is 16.3. The van der Waals surface area contributed by atoms with Gasteiger partial charge in [-0.1, -0.05) is 30.3 Å². The molecule has 0 aliphatic carbocycles. The van der Waals surface area contributed by atoms with E-state index >= 15 is 0 Å². The second-order valence-electron chi connectivity index (χ2n) is 5.89. The molecule has 0 unspecified atom stereocenters. The lowest BCUT2D eigenvalue weighted by Crippen LogP contribution is -2.21. The Morgan fingerprint density at radius 1 is 1.24 bits per heavy atom. The number of nitriles is 1. The molecule has 3 aromatic rings. The van der Waals surface area contributed by atoms with Crippen molar-refractivity contribution >= 4 is 10.8 Å². The maximum atomic E-state index is 9.70. The zero-order chi connectivity index (χ0) is 17.6. The minimum atomic E-state index is -0.344. The Bertz CT molecular complexity index is 1060. The zero-order valence-corrected chi connectivity index (χ0v) is 13.8. The van der Waals surface area contributed by atoms with E-state index < -0.39 is 0 Å².